The van der Waals surface area contributed by atoms with Crippen LogP contribution in [0.15, 0.2) is 24.3 Å². The van der Waals surface area contributed by atoms with Crippen molar-refractivity contribution >= 4 is 45.9 Å². The van der Waals surface area contributed by atoms with Crippen LogP contribution in [0.4, 0.5) is 11.5 Å². The molecular formula is C26H26IN3O3. The van der Waals surface area contributed by atoms with Crippen LogP contribution in [0, 0.1) is 22.3 Å². The summed E-state index contributed by atoms with van der Waals surface area (Å²) in [6, 6.07) is 8.09. The van der Waals surface area contributed by atoms with Gasteiger partial charge in [-0.1, -0.05) is 18.9 Å². The first kappa shape index (κ1) is 22.4. The molecule has 5 rings (SSSR count). The SMILES string of the molecule is CCC#CC(=O)N(c1ccc2c(n1)C(=O)N([C@H]1CCOC1)C2)c1cc(C)c(I)cc1C1CC1. The van der Waals surface area contributed by atoms with Crippen LogP contribution in [0.2, 0.25) is 0 Å². The van der Waals surface area contributed by atoms with Crippen molar-refractivity contribution in [2.24, 2.45) is 0 Å². The quantitative estimate of drug-likeness (QED) is 0.406. The Morgan fingerprint density at radius 2 is 2.12 bits per heavy atom. The van der Waals surface area contributed by atoms with Gasteiger partial charge in [-0.05, 0) is 89.9 Å². The molecule has 1 aliphatic carbocycles. The molecule has 7 heteroatoms. The lowest BCUT2D eigenvalue weighted by atomic mass is 10.0. The molecule has 6 nitrogen and oxygen atoms in total. The summed E-state index contributed by atoms with van der Waals surface area (Å²) >= 11 is 2.35. The number of carbonyl (C=O) groups excluding carboxylic acids is 2. The van der Waals surface area contributed by atoms with Crippen molar-refractivity contribution in [2.75, 3.05) is 18.1 Å². The van der Waals surface area contributed by atoms with Gasteiger partial charge >= 0.3 is 5.91 Å². The van der Waals surface area contributed by atoms with Crippen molar-refractivity contribution in [3.63, 3.8) is 0 Å². The van der Waals surface area contributed by atoms with Gasteiger partial charge in [0.05, 0.1) is 18.3 Å². The number of aryl methyl sites for hydroxylation is 1. The first-order chi connectivity index (χ1) is 16.0. The summed E-state index contributed by atoms with van der Waals surface area (Å²) in [5, 5.41) is 0. The van der Waals surface area contributed by atoms with Crippen molar-refractivity contribution in [3.05, 3.63) is 50.2 Å². The maximum Gasteiger partial charge on any atom is 0.308 e. The minimum Gasteiger partial charge on any atom is -0.379 e. The summed E-state index contributed by atoms with van der Waals surface area (Å²) in [4.78, 5) is 34.7. The molecule has 1 atom stereocenters. The van der Waals surface area contributed by atoms with Crippen LogP contribution in [0.25, 0.3) is 0 Å². The predicted molar refractivity (Wildman–Crippen MR) is 134 cm³/mol. The summed E-state index contributed by atoms with van der Waals surface area (Å²) in [7, 11) is 0. The summed E-state index contributed by atoms with van der Waals surface area (Å²) in [6.07, 6.45) is 3.67. The van der Waals surface area contributed by atoms with Crippen LogP contribution in [0.1, 0.15) is 65.7 Å². The van der Waals surface area contributed by atoms with E-state index in [1.165, 1.54) is 3.57 Å². The second-order valence-corrected chi connectivity index (χ2v) is 10.0. The van der Waals surface area contributed by atoms with E-state index in [0.29, 0.717) is 43.6 Å². The highest BCUT2D eigenvalue weighted by Gasteiger charge is 2.37. The van der Waals surface area contributed by atoms with Crippen molar-refractivity contribution in [2.45, 2.75) is 58.0 Å². The number of anilines is 2. The van der Waals surface area contributed by atoms with E-state index in [4.69, 9.17) is 9.72 Å². The number of fused-ring (bicyclic) bond motifs is 1. The molecule has 1 aromatic carbocycles. The van der Waals surface area contributed by atoms with Crippen LogP contribution < -0.4 is 4.90 Å². The van der Waals surface area contributed by atoms with Crippen LogP contribution in [-0.4, -0.2) is 41.0 Å². The monoisotopic (exact) mass is 555 g/mol. The Bertz CT molecular complexity index is 1190. The molecule has 0 bridgehead atoms. The van der Waals surface area contributed by atoms with Gasteiger partial charge in [-0.15, -0.1) is 0 Å². The van der Waals surface area contributed by atoms with Crippen molar-refractivity contribution in [1.29, 1.82) is 0 Å². The number of halogens is 1. The van der Waals surface area contributed by atoms with Gasteiger partial charge in [0.25, 0.3) is 5.91 Å². The van der Waals surface area contributed by atoms with E-state index >= 15 is 0 Å². The van der Waals surface area contributed by atoms with Crippen LogP contribution in [0.5, 0.6) is 0 Å². The van der Waals surface area contributed by atoms with E-state index in [9.17, 15) is 9.59 Å². The van der Waals surface area contributed by atoms with E-state index in [-0.39, 0.29) is 17.9 Å². The molecule has 0 radical (unpaired) electrons. The maximum absolute atomic E-state index is 13.3. The fourth-order valence-corrected chi connectivity index (χ4v) is 5.01. The molecule has 1 saturated heterocycles. The van der Waals surface area contributed by atoms with E-state index in [1.54, 1.807) is 4.90 Å². The number of amides is 2. The Hall–Kier alpha value is -2.44. The van der Waals surface area contributed by atoms with Crippen LogP contribution in [-0.2, 0) is 16.1 Å². The highest BCUT2D eigenvalue weighted by molar-refractivity contribution is 14.1. The molecule has 3 aliphatic rings. The van der Waals surface area contributed by atoms with Crippen molar-refractivity contribution in [3.8, 4) is 11.8 Å². The summed E-state index contributed by atoms with van der Waals surface area (Å²) in [5.74, 6) is 6.15. The lowest BCUT2D eigenvalue weighted by molar-refractivity contribution is -0.112. The summed E-state index contributed by atoms with van der Waals surface area (Å²) < 4.78 is 6.66. The smallest absolute Gasteiger partial charge is 0.308 e. The number of aromatic nitrogens is 1. The molecule has 33 heavy (non-hydrogen) atoms. The lowest BCUT2D eigenvalue weighted by Crippen LogP contribution is -2.36. The number of nitrogens with zero attached hydrogens (tertiary/aromatic N) is 3. The molecular weight excluding hydrogens is 529 g/mol. The van der Waals surface area contributed by atoms with Crippen LogP contribution >= 0.6 is 22.6 Å². The molecule has 0 N–H and O–H groups in total. The third kappa shape index (κ3) is 4.26. The molecule has 0 spiro atoms. The number of hydrogen-bond donors (Lipinski definition) is 0. The van der Waals surface area contributed by atoms with Gasteiger partial charge in [-0.2, -0.15) is 0 Å². The van der Waals surface area contributed by atoms with Gasteiger partial charge in [0.15, 0.2) is 0 Å². The standard InChI is InChI=1S/C26H26IN3O3/c1-3-4-5-24(31)30(22-12-16(2)21(27)13-20(22)17-6-7-17)23-9-8-18-14-29(19-10-11-33-15-19)26(32)25(18)28-23/h8-9,12-13,17,19H,3,6-7,10-11,14-15H2,1-2H3/t19-/m0/s1. The minimum atomic E-state index is -0.321. The zero-order valence-electron chi connectivity index (χ0n) is 18.9. The number of benzene rings is 1. The van der Waals surface area contributed by atoms with Gasteiger partial charge in [0.2, 0.25) is 0 Å². The third-order valence-corrected chi connectivity index (χ3v) is 7.65. The van der Waals surface area contributed by atoms with Crippen molar-refractivity contribution in [1.82, 2.24) is 9.88 Å². The molecule has 0 unspecified atom stereocenters. The Kier molecular flexibility index (Phi) is 6.14. The average Bonchev–Trinajstić information content (AvgIpc) is 3.41. The Balaban J connectivity index is 1.58. The Labute approximate surface area is 207 Å². The number of pyridine rings is 1. The molecule has 2 aliphatic heterocycles. The highest BCUT2D eigenvalue weighted by Crippen LogP contribution is 2.46. The zero-order valence-corrected chi connectivity index (χ0v) is 21.0. The average molecular weight is 555 g/mol. The molecule has 2 aromatic rings. The first-order valence-electron chi connectivity index (χ1n) is 11.5. The van der Waals surface area contributed by atoms with Crippen molar-refractivity contribution < 1.29 is 14.3 Å². The number of hydrogen-bond acceptors (Lipinski definition) is 4. The second kappa shape index (κ2) is 9.07. The molecule has 2 amide bonds. The fraction of sp³-hybridized carbons (Fsp3) is 0.423. The van der Waals surface area contributed by atoms with Crippen LogP contribution in [0.3, 0.4) is 0 Å². The predicted octanol–water partition coefficient (Wildman–Crippen LogP) is 4.69. The van der Waals surface area contributed by atoms with Gasteiger partial charge in [0.1, 0.15) is 11.5 Å². The topological polar surface area (TPSA) is 62.7 Å². The number of carbonyl (C=O) groups is 2. The minimum absolute atomic E-state index is 0.0867. The van der Waals surface area contributed by atoms with Gasteiger partial charge in [-0.25, -0.2) is 4.98 Å². The zero-order chi connectivity index (χ0) is 23.1. The summed E-state index contributed by atoms with van der Waals surface area (Å²) in [6.45, 7) is 5.75. The molecule has 1 aromatic heterocycles. The van der Waals surface area contributed by atoms with Gasteiger partial charge in [0, 0.05) is 28.7 Å². The molecule has 1 saturated carbocycles. The normalized spacial score (nSPS) is 19.3. The Morgan fingerprint density at radius 3 is 2.82 bits per heavy atom. The second-order valence-electron chi connectivity index (χ2n) is 8.86. The number of rotatable bonds is 4. The highest BCUT2D eigenvalue weighted by atomic mass is 127. The molecule has 170 valence electrons. The van der Waals surface area contributed by atoms with Gasteiger partial charge in [-0.3, -0.25) is 14.5 Å². The molecule has 2 fully saturated rings. The van der Waals surface area contributed by atoms with E-state index in [2.05, 4.69) is 46.6 Å². The number of ether oxygens (including phenoxy) is 1. The maximum atomic E-state index is 13.3. The molecule has 3 heterocycles. The van der Waals surface area contributed by atoms with E-state index < -0.39 is 0 Å². The van der Waals surface area contributed by atoms with Gasteiger partial charge < -0.3 is 9.64 Å². The lowest BCUT2D eigenvalue weighted by Gasteiger charge is -2.24. The largest absolute Gasteiger partial charge is 0.379 e. The van der Waals surface area contributed by atoms with E-state index in [0.717, 1.165) is 41.6 Å². The Morgan fingerprint density at radius 1 is 1.30 bits per heavy atom. The van der Waals surface area contributed by atoms with E-state index in [1.807, 2.05) is 30.9 Å². The fourth-order valence-electron chi connectivity index (χ4n) is 4.52. The third-order valence-electron chi connectivity index (χ3n) is 6.48. The first-order valence-corrected chi connectivity index (χ1v) is 12.6. The summed E-state index contributed by atoms with van der Waals surface area (Å²) in [5.41, 5.74) is 4.39.